The van der Waals surface area contributed by atoms with Gasteiger partial charge in [-0.2, -0.15) is 0 Å². The number of hydrogen-bond donors (Lipinski definition) is 2. The molecule has 0 fully saturated rings. The first-order valence-electron chi connectivity index (χ1n) is 11.9. The van der Waals surface area contributed by atoms with E-state index in [9.17, 15) is 9.90 Å². The molecule has 3 atom stereocenters. The van der Waals surface area contributed by atoms with Gasteiger partial charge in [-0.3, -0.25) is 4.79 Å². The third-order valence-electron chi connectivity index (χ3n) is 6.18. The van der Waals surface area contributed by atoms with E-state index in [0.717, 1.165) is 28.0 Å². The Morgan fingerprint density at radius 1 is 1.12 bits per heavy atom. The van der Waals surface area contributed by atoms with Crippen LogP contribution in [0.5, 0.6) is 5.75 Å². The molecule has 0 aromatic heterocycles. The minimum atomic E-state index is -0.743. The van der Waals surface area contributed by atoms with Crippen molar-refractivity contribution in [3.8, 4) is 5.75 Å². The second-order valence-electron chi connectivity index (χ2n) is 11.2. The molecule has 0 spiro atoms. The van der Waals surface area contributed by atoms with Crippen molar-refractivity contribution in [3.05, 3.63) is 64.7 Å². The van der Waals surface area contributed by atoms with Crippen LogP contribution in [0.15, 0.2) is 47.6 Å². The highest BCUT2D eigenvalue weighted by atomic mass is 16.7. The fraction of sp³-hybridized carbons (Fsp3) is 0.500. The molecule has 2 unspecified atom stereocenters. The number of phenols is 1. The lowest BCUT2D eigenvalue weighted by atomic mass is 9.78. The van der Waals surface area contributed by atoms with Crippen LogP contribution < -0.4 is 5.73 Å². The van der Waals surface area contributed by atoms with E-state index in [-0.39, 0.29) is 10.8 Å². The highest BCUT2D eigenvalue weighted by Crippen LogP contribution is 2.40. The standard InChI is InChI=1S/C28H38N2O4/c1-17(33-26(32)22(29)13-18-11-9-8-10-12-18)24-16-23(30-34-24)19-14-20(27(2,3)4)25(31)21(15-19)28(5,6)7/h8-12,14-15,17,22,24,31H,13,16,29H2,1-7H3/t17?,22-,24?/m0/s1. The van der Waals surface area contributed by atoms with Crippen molar-refractivity contribution in [1.82, 2.24) is 0 Å². The zero-order valence-corrected chi connectivity index (χ0v) is 21.4. The third kappa shape index (κ3) is 5.98. The normalized spacial score (nSPS) is 18.1. The summed E-state index contributed by atoms with van der Waals surface area (Å²) in [6.45, 7) is 14.3. The van der Waals surface area contributed by atoms with Crippen molar-refractivity contribution >= 4 is 11.7 Å². The van der Waals surface area contributed by atoms with Crippen molar-refractivity contribution in [2.24, 2.45) is 10.9 Å². The Morgan fingerprint density at radius 3 is 2.21 bits per heavy atom. The predicted octanol–water partition coefficient (Wildman–Crippen LogP) is 4.98. The predicted molar refractivity (Wildman–Crippen MR) is 135 cm³/mol. The molecule has 2 aromatic carbocycles. The van der Waals surface area contributed by atoms with Gasteiger partial charge in [0.25, 0.3) is 0 Å². The van der Waals surface area contributed by atoms with E-state index in [2.05, 4.69) is 46.7 Å². The van der Waals surface area contributed by atoms with Gasteiger partial charge in [0.1, 0.15) is 17.9 Å². The topological polar surface area (TPSA) is 94.1 Å². The Kier molecular flexibility index (Phi) is 7.41. The molecule has 6 heteroatoms. The minimum Gasteiger partial charge on any atom is -0.507 e. The lowest BCUT2D eigenvalue weighted by molar-refractivity contribution is -0.156. The van der Waals surface area contributed by atoms with Gasteiger partial charge in [0.05, 0.1) is 5.71 Å². The van der Waals surface area contributed by atoms with E-state index < -0.39 is 24.2 Å². The van der Waals surface area contributed by atoms with Gasteiger partial charge < -0.3 is 20.4 Å². The number of aromatic hydroxyl groups is 1. The summed E-state index contributed by atoms with van der Waals surface area (Å²) in [5, 5.41) is 15.3. The molecular weight excluding hydrogens is 428 g/mol. The Labute approximate surface area is 203 Å². The fourth-order valence-corrected chi connectivity index (χ4v) is 4.06. The Balaban J connectivity index is 1.71. The molecule has 1 heterocycles. The molecule has 6 nitrogen and oxygen atoms in total. The number of ether oxygens (including phenoxy) is 1. The maximum atomic E-state index is 12.5. The lowest BCUT2D eigenvalue weighted by Gasteiger charge is -2.28. The quantitative estimate of drug-likeness (QED) is 0.586. The highest BCUT2D eigenvalue weighted by Gasteiger charge is 2.33. The summed E-state index contributed by atoms with van der Waals surface area (Å²) >= 11 is 0. The van der Waals surface area contributed by atoms with Crippen molar-refractivity contribution in [2.45, 2.75) is 90.4 Å². The largest absolute Gasteiger partial charge is 0.507 e. The van der Waals surface area contributed by atoms with Crippen LogP contribution in [-0.2, 0) is 31.6 Å². The van der Waals surface area contributed by atoms with Crippen molar-refractivity contribution in [2.75, 3.05) is 0 Å². The molecule has 2 aromatic rings. The molecule has 3 rings (SSSR count). The number of carbonyl (C=O) groups excluding carboxylic acids is 1. The van der Waals surface area contributed by atoms with Gasteiger partial charge in [-0.1, -0.05) is 77.0 Å². The summed E-state index contributed by atoms with van der Waals surface area (Å²) in [5.41, 5.74) is 10.0. The van der Waals surface area contributed by atoms with Crippen molar-refractivity contribution in [1.29, 1.82) is 0 Å². The summed E-state index contributed by atoms with van der Waals surface area (Å²) in [6.07, 6.45) is 0.0169. The van der Waals surface area contributed by atoms with Crippen molar-refractivity contribution < 1.29 is 19.5 Å². The molecule has 1 aliphatic rings. The van der Waals surface area contributed by atoms with Gasteiger partial charge in [0, 0.05) is 23.1 Å². The molecular formula is C28H38N2O4. The van der Waals surface area contributed by atoms with E-state index in [0.29, 0.717) is 18.6 Å². The number of benzene rings is 2. The monoisotopic (exact) mass is 466 g/mol. The van der Waals surface area contributed by atoms with Crippen LogP contribution in [0.25, 0.3) is 0 Å². The van der Waals surface area contributed by atoms with Gasteiger partial charge >= 0.3 is 5.97 Å². The Bertz CT molecular complexity index is 1010. The maximum absolute atomic E-state index is 12.5. The van der Waals surface area contributed by atoms with Gasteiger partial charge in [0.15, 0.2) is 6.10 Å². The SMILES string of the molecule is CC(OC(=O)[C@@H](N)Cc1ccccc1)C1CC(c2cc(C(C)(C)C)c(O)c(C(C)(C)C)c2)=NO1. The molecule has 0 saturated carbocycles. The molecule has 1 aliphatic heterocycles. The second-order valence-corrected chi connectivity index (χ2v) is 11.2. The van der Waals surface area contributed by atoms with E-state index in [4.69, 9.17) is 15.3 Å². The number of hydrogen-bond acceptors (Lipinski definition) is 6. The fourth-order valence-electron chi connectivity index (χ4n) is 4.06. The van der Waals surface area contributed by atoms with Crippen LogP contribution in [-0.4, -0.2) is 35.0 Å². The van der Waals surface area contributed by atoms with Gasteiger partial charge in [0.2, 0.25) is 0 Å². The molecule has 3 N–H and O–H groups in total. The number of carbonyl (C=O) groups is 1. The minimum absolute atomic E-state index is 0.239. The number of oxime groups is 1. The van der Waals surface area contributed by atoms with Gasteiger partial charge in [-0.15, -0.1) is 0 Å². The smallest absolute Gasteiger partial charge is 0.323 e. The van der Waals surface area contributed by atoms with E-state index in [1.165, 1.54) is 0 Å². The Hall–Kier alpha value is -2.86. The van der Waals surface area contributed by atoms with Crippen LogP contribution in [0.2, 0.25) is 0 Å². The number of nitrogens with zero attached hydrogens (tertiary/aromatic N) is 1. The summed E-state index contributed by atoms with van der Waals surface area (Å²) in [5.74, 6) is -0.127. The summed E-state index contributed by atoms with van der Waals surface area (Å²) in [4.78, 5) is 18.2. The van der Waals surface area contributed by atoms with E-state index >= 15 is 0 Å². The van der Waals surface area contributed by atoms with E-state index in [1.54, 1.807) is 6.92 Å². The first-order chi connectivity index (χ1) is 15.8. The average molecular weight is 467 g/mol. The van der Waals surface area contributed by atoms with Crippen molar-refractivity contribution in [3.63, 3.8) is 0 Å². The number of phenolic OH excluding ortho intramolecular Hbond substituents is 1. The number of nitrogens with two attached hydrogens (primary N) is 1. The van der Waals surface area contributed by atoms with Crippen LogP contribution in [0.3, 0.4) is 0 Å². The lowest BCUT2D eigenvalue weighted by Crippen LogP contribution is -2.39. The molecule has 0 radical (unpaired) electrons. The molecule has 0 aliphatic carbocycles. The van der Waals surface area contributed by atoms with Crippen LogP contribution in [0, 0.1) is 0 Å². The summed E-state index contributed by atoms with van der Waals surface area (Å²) in [7, 11) is 0. The van der Waals surface area contributed by atoms with Crippen LogP contribution in [0.4, 0.5) is 0 Å². The van der Waals surface area contributed by atoms with Gasteiger partial charge in [-0.25, -0.2) is 0 Å². The zero-order valence-electron chi connectivity index (χ0n) is 21.4. The first kappa shape index (κ1) is 25.8. The number of esters is 1. The van der Waals surface area contributed by atoms with Crippen LogP contribution >= 0.6 is 0 Å². The third-order valence-corrected chi connectivity index (χ3v) is 6.18. The average Bonchev–Trinajstić information content (AvgIpc) is 3.23. The highest BCUT2D eigenvalue weighted by molar-refractivity contribution is 6.02. The first-order valence-corrected chi connectivity index (χ1v) is 11.9. The number of rotatable bonds is 6. The zero-order chi connectivity index (χ0) is 25.3. The van der Waals surface area contributed by atoms with Crippen LogP contribution in [0.1, 0.15) is 77.1 Å². The summed E-state index contributed by atoms with van der Waals surface area (Å²) in [6, 6.07) is 12.9. The molecule has 184 valence electrons. The maximum Gasteiger partial charge on any atom is 0.323 e. The molecule has 0 bridgehead atoms. The Morgan fingerprint density at radius 2 is 1.68 bits per heavy atom. The van der Waals surface area contributed by atoms with Gasteiger partial charge in [-0.05, 0) is 41.9 Å². The summed E-state index contributed by atoms with van der Waals surface area (Å²) < 4.78 is 5.63. The molecule has 0 amide bonds. The molecule has 0 saturated heterocycles. The second kappa shape index (κ2) is 9.79. The molecule has 34 heavy (non-hydrogen) atoms. The van der Waals surface area contributed by atoms with E-state index in [1.807, 2.05) is 42.5 Å².